The third kappa shape index (κ3) is 4.15. The summed E-state index contributed by atoms with van der Waals surface area (Å²) in [4.78, 5) is 6.59. The Hall–Kier alpha value is -3.11. The van der Waals surface area contributed by atoms with Crippen molar-refractivity contribution in [3.05, 3.63) is 71.8 Å². The smallest absolute Gasteiger partial charge is 0.229 e. The van der Waals surface area contributed by atoms with Gasteiger partial charge in [0.15, 0.2) is 5.11 Å². The van der Waals surface area contributed by atoms with Crippen LogP contribution in [0, 0.1) is 6.92 Å². The molecule has 0 spiro atoms. The van der Waals surface area contributed by atoms with Crippen LogP contribution in [0.2, 0.25) is 0 Å². The topological polar surface area (TPSA) is 88.5 Å². The summed E-state index contributed by atoms with van der Waals surface area (Å²) in [6.45, 7) is 2.05. The first-order valence-electron chi connectivity index (χ1n) is 9.98. The molecule has 1 saturated heterocycles. The molecule has 10 heteroatoms. The molecule has 168 valence electrons. The molecule has 1 aromatic carbocycles. The fraction of sp³-hybridized carbons (Fsp3) is 0.273. The van der Waals surface area contributed by atoms with Gasteiger partial charge in [0.25, 0.3) is 0 Å². The number of hydrogen-bond donors (Lipinski definition) is 2. The number of sulfonamides is 1. The second-order valence-electron chi connectivity index (χ2n) is 7.71. The molecule has 0 saturated carbocycles. The van der Waals surface area contributed by atoms with Crippen molar-refractivity contribution in [3.8, 4) is 5.75 Å². The average Bonchev–Trinajstić information content (AvgIpc) is 3.27. The van der Waals surface area contributed by atoms with Gasteiger partial charge < -0.3 is 19.5 Å². The molecule has 8 nitrogen and oxygen atoms in total. The van der Waals surface area contributed by atoms with Gasteiger partial charge in [-0.15, -0.1) is 0 Å². The van der Waals surface area contributed by atoms with Crippen molar-refractivity contribution >= 4 is 38.7 Å². The van der Waals surface area contributed by atoms with Crippen molar-refractivity contribution in [1.29, 1.82) is 0 Å². The number of ether oxygens (including phenoxy) is 1. The number of benzene rings is 1. The molecule has 0 unspecified atom stereocenters. The number of nitrogens with one attached hydrogen (secondary N) is 2. The number of hydrogen-bond acceptors (Lipinski definition) is 5. The van der Waals surface area contributed by atoms with Crippen molar-refractivity contribution in [2.45, 2.75) is 19.0 Å². The molecule has 4 rings (SSSR count). The summed E-state index contributed by atoms with van der Waals surface area (Å²) in [6, 6.07) is 14.9. The minimum atomic E-state index is -3.45. The minimum Gasteiger partial charge on any atom is -0.494 e. The highest BCUT2D eigenvalue weighted by Crippen LogP contribution is 2.43. The van der Waals surface area contributed by atoms with Crippen molar-refractivity contribution in [2.75, 3.05) is 23.0 Å². The number of thiocarbonyl (C=S) groups is 1. The van der Waals surface area contributed by atoms with E-state index in [1.165, 1.54) is 7.11 Å². The molecule has 1 fully saturated rings. The molecule has 1 aliphatic heterocycles. The third-order valence-electron chi connectivity index (χ3n) is 5.57. The Balaban J connectivity index is 1.83. The first-order valence-corrected chi connectivity index (χ1v) is 12.3. The van der Waals surface area contributed by atoms with Gasteiger partial charge in [-0.3, -0.25) is 9.71 Å². The number of nitrogens with zero attached hydrogens (tertiary/aromatic N) is 3. The highest BCUT2D eigenvalue weighted by Gasteiger charge is 2.42. The van der Waals surface area contributed by atoms with Crippen molar-refractivity contribution in [1.82, 2.24) is 14.9 Å². The minimum absolute atomic E-state index is 0.170. The quantitative estimate of drug-likeness (QED) is 0.534. The lowest BCUT2D eigenvalue weighted by molar-refractivity contribution is 0.417. The number of aromatic nitrogens is 2. The van der Waals surface area contributed by atoms with E-state index in [2.05, 4.69) is 38.6 Å². The second kappa shape index (κ2) is 8.44. The second-order valence-corrected chi connectivity index (χ2v) is 9.85. The van der Waals surface area contributed by atoms with Gasteiger partial charge in [0.1, 0.15) is 11.8 Å². The van der Waals surface area contributed by atoms with Gasteiger partial charge in [-0.05, 0) is 55.5 Å². The van der Waals surface area contributed by atoms with E-state index in [4.69, 9.17) is 17.0 Å². The van der Waals surface area contributed by atoms with Gasteiger partial charge in [0.05, 0.1) is 30.8 Å². The van der Waals surface area contributed by atoms with Gasteiger partial charge in [-0.25, -0.2) is 8.42 Å². The predicted octanol–water partition coefficient (Wildman–Crippen LogP) is 3.29. The fourth-order valence-electron chi connectivity index (χ4n) is 3.98. The first kappa shape index (κ1) is 22.1. The van der Waals surface area contributed by atoms with E-state index in [-0.39, 0.29) is 12.1 Å². The Morgan fingerprint density at radius 2 is 1.97 bits per heavy atom. The number of rotatable bonds is 6. The Morgan fingerprint density at radius 1 is 1.19 bits per heavy atom. The molecule has 3 aromatic rings. The first-order chi connectivity index (χ1) is 15.2. The summed E-state index contributed by atoms with van der Waals surface area (Å²) in [5, 5.41) is 3.97. The summed E-state index contributed by atoms with van der Waals surface area (Å²) in [5.74, 6) is 0.402. The van der Waals surface area contributed by atoms with Gasteiger partial charge in [-0.2, -0.15) is 0 Å². The van der Waals surface area contributed by atoms with Crippen LogP contribution in [0.3, 0.4) is 0 Å². The zero-order chi connectivity index (χ0) is 23.0. The van der Waals surface area contributed by atoms with Gasteiger partial charge in [0.2, 0.25) is 10.0 Å². The summed E-state index contributed by atoms with van der Waals surface area (Å²) < 4.78 is 33.5. The van der Waals surface area contributed by atoms with Crippen LogP contribution < -0.4 is 19.7 Å². The molecular formula is C22H25N5O3S2. The summed E-state index contributed by atoms with van der Waals surface area (Å²) in [6.07, 6.45) is 2.87. The summed E-state index contributed by atoms with van der Waals surface area (Å²) in [5.41, 5.74) is 4.22. The van der Waals surface area contributed by atoms with Crippen LogP contribution in [-0.4, -0.2) is 36.4 Å². The number of aryl methyl sites for hydroxylation is 1. The van der Waals surface area contributed by atoms with Crippen molar-refractivity contribution < 1.29 is 13.2 Å². The molecule has 2 atom stereocenters. The lowest BCUT2D eigenvalue weighted by atomic mass is 10.0. The number of methoxy groups -OCH3 is 1. The van der Waals surface area contributed by atoms with Crippen LogP contribution in [0.1, 0.15) is 29.2 Å². The van der Waals surface area contributed by atoms with E-state index in [1.54, 1.807) is 18.3 Å². The summed E-state index contributed by atoms with van der Waals surface area (Å²) in [7, 11) is 0.0819. The Kier molecular flexibility index (Phi) is 5.83. The largest absolute Gasteiger partial charge is 0.494 e. The fourth-order valence-corrected chi connectivity index (χ4v) is 4.89. The van der Waals surface area contributed by atoms with Crippen molar-refractivity contribution in [3.63, 3.8) is 0 Å². The standard InChI is InChI=1S/C22H25N5O3S2/c1-14-8-11-18(26(14)2)21-20(17-7-5-6-12-23-17)24-22(31)27(21)15-9-10-16(19(13-15)30-3)25-32(4,28)29/h5-13,20-21,25H,1-4H3,(H,24,31)/t20-,21+/m0/s1. The Morgan fingerprint density at radius 3 is 2.56 bits per heavy atom. The number of pyridine rings is 1. The van der Waals surface area contributed by atoms with Crippen LogP contribution in [0.25, 0.3) is 0 Å². The molecule has 2 aromatic heterocycles. The molecule has 0 bridgehead atoms. The van der Waals surface area contributed by atoms with E-state index < -0.39 is 10.0 Å². The van der Waals surface area contributed by atoms with Crippen LogP contribution in [-0.2, 0) is 17.1 Å². The summed E-state index contributed by atoms with van der Waals surface area (Å²) >= 11 is 5.75. The maximum Gasteiger partial charge on any atom is 0.229 e. The SMILES string of the molecule is COc1cc(N2C(=S)N[C@@H](c3ccccn3)[C@H]2c2ccc(C)n2C)ccc1NS(C)(=O)=O. The van der Waals surface area contributed by atoms with Gasteiger partial charge >= 0.3 is 0 Å². The Labute approximate surface area is 193 Å². The average molecular weight is 472 g/mol. The maximum absolute atomic E-state index is 11.7. The normalized spacial score (nSPS) is 18.5. The molecular weight excluding hydrogens is 446 g/mol. The molecule has 0 aliphatic carbocycles. The maximum atomic E-state index is 11.7. The number of anilines is 2. The van der Waals surface area contributed by atoms with E-state index in [9.17, 15) is 8.42 Å². The van der Waals surface area contributed by atoms with E-state index in [0.717, 1.165) is 29.0 Å². The molecule has 3 heterocycles. The van der Waals surface area contributed by atoms with Crippen molar-refractivity contribution in [2.24, 2.45) is 7.05 Å². The van der Waals surface area contributed by atoms with Crippen LogP contribution in [0.15, 0.2) is 54.7 Å². The molecule has 32 heavy (non-hydrogen) atoms. The third-order valence-corrected chi connectivity index (χ3v) is 6.48. The van der Waals surface area contributed by atoms with Crippen LogP contribution in [0.5, 0.6) is 5.75 Å². The Bertz CT molecular complexity index is 1260. The van der Waals surface area contributed by atoms with E-state index >= 15 is 0 Å². The predicted molar refractivity (Wildman–Crippen MR) is 130 cm³/mol. The highest BCUT2D eigenvalue weighted by molar-refractivity contribution is 7.92. The molecule has 1 aliphatic rings. The highest BCUT2D eigenvalue weighted by atomic mass is 32.2. The van der Waals surface area contributed by atoms with E-state index in [1.807, 2.05) is 36.2 Å². The molecule has 0 amide bonds. The monoisotopic (exact) mass is 471 g/mol. The van der Waals surface area contributed by atoms with E-state index in [0.29, 0.717) is 16.5 Å². The molecule has 2 N–H and O–H groups in total. The van der Waals surface area contributed by atoms with Crippen LogP contribution in [0.4, 0.5) is 11.4 Å². The van der Waals surface area contributed by atoms with Gasteiger partial charge in [0, 0.05) is 36.4 Å². The zero-order valence-corrected chi connectivity index (χ0v) is 19.9. The lowest BCUT2D eigenvalue weighted by Gasteiger charge is -2.29. The van der Waals surface area contributed by atoms with Crippen LogP contribution >= 0.6 is 12.2 Å². The lowest BCUT2D eigenvalue weighted by Crippen LogP contribution is -2.30. The molecule has 0 radical (unpaired) electrons. The zero-order valence-electron chi connectivity index (χ0n) is 18.2. The van der Waals surface area contributed by atoms with Gasteiger partial charge in [-0.1, -0.05) is 6.07 Å².